The van der Waals surface area contributed by atoms with E-state index in [2.05, 4.69) is 6.92 Å². The standard InChI is InChI=1S/C22H44O3/c1-4-5-6-7-8-9-10-11-12-13-14-15-17-21(23)18-16-19-25-20-22(2,3)24/h24H,4-20H2,1-3H3. The van der Waals surface area contributed by atoms with Crippen LogP contribution in [-0.4, -0.2) is 29.7 Å². The molecule has 3 nitrogen and oxygen atoms in total. The van der Waals surface area contributed by atoms with E-state index in [9.17, 15) is 9.90 Å². The van der Waals surface area contributed by atoms with Gasteiger partial charge < -0.3 is 9.84 Å². The number of ether oxygens (including phenoxy) is 1. The molecule has 0 aromatic carbocycles. The Morgan fingerprint density at radius 1 is 0.760 bits per heavy atom. The van der Waals surface area contributed by atoms with Gasteiger partial charge >= 0.3 is 0 Å². The summed E-state index contributed by atoms with van der Waals surface area (Å²) in [6.45, 7) is 6.62. The maximum absolute atomic E-state index is 11.8. The van der Waals surface area contributed by atoms with Crippen molar-refractivity contribution >= 4 is 5.78 Å². The van der Waals surface area contributed by atoms with Crippen molar-refractivity contribution in [3.8, 4) is 0 Å². The van der Waals surface area contributed by atoms with Crippen molar-refractivity contribution in [1.29, 1.82) is 0 Å². The van der Waals surface area contributed by atoms with E-state index in [-0.39, 0.29) is 0 Å². The molecule has 0 aromatic heterocycles. The minimum absolute atomic E-state index is 0.333. The molecule has 150 valence electrons. The van der Waals surface area contributed by atoms with Gasteiger partial charge in [0.05, 0.1) is 12.2 Å². The normalized spacial score (nSPS) is 11.8. The molecule has 0 fully saturated rings. The SMILES string of the molecule is CCCCCCCCCCCCCCC(=O)CCCOCC(C)(C)O. The minimum Gasteiger partial charge on any atom is -0.388 e. The highest BCUT2D eigenvalue weighted by molar-refractivity contribution is 5.78. The molecule has 0 saturated carbocycles. The molecule has 0 radical (unpaired) electrons. The number of Topliss-reactive ketones (excluding diaryl/α,β-unsaturated/α-hetero) is 1. The third kappa shape index (κ3) is 21.5. The predicted molar refractivity (Wildman–Crippen MR) is 107 cm³/mol. The Kier molecular flexibility index (Phi) is 16.7. The second-order valence-corrected chi connectivity index (χ2v) is 8.15. The molecular formula is C22H44O3. The van der Waals surface area contributed by atoms with Gasteiger partial charge in [-0.15, -0.1) is 0 Å². The summed E-state index contributed by atoms with van der Waals surface area (Å²) >= 11 is 0. The van der Waals surface area contributed by atoms with Crippen LogP contribution in [0.1, 0.15) is 117 Å². The maximum atomic E-state index is 11.8. The number of carbonyl (C=O) groups is 1. The number of hydrogen-bond donors (Lipinski definition) is 1. The number of hydrogen-bond acceptors (Lipinski definition) is 3. The van der Waals surface area contributed by atoms with Gasteiger partial charge in [0.2, 0.25) is 0 Å². The van der Waals surface area contributed by atoms with E-state index in [0.717, 1.165) is 19.3 Å². The van der Waals surface area contributed by atoms with Gasteiger partial charge in [0.15, 0.2) is 0 Å². The molecule has 0 saturated heterocycles. The lowest BCUT2D eigenvalue weighted by molar-refractivity contribution is -0.119. The van der Waals surface area contributed by atoms with Crippen LogP contribution in [0.3, 0.4) is 0 Å². The van der Waals surface area contributed by atoms with Gasteiger partial charge in [-0.25, -0.2) is 0 Å². The summed E-state index contributed by atoms with van der Waals surface area (Å²) in [7, 11) is 0. The van der Waals surface area contributed by atoms with Crippen molar-refractivity contribution in [3.05, 3.63) is 0 Å². The van der Waals surface area contributed by atoms with Crippen LogP contribution in [0.5, 0.6) is 0 Å². The fourth-order valence-corrected chi connectivity index (χ4v) is 2.98. The molecule has 1 N–H and O–H groups in total. The van der Waals surface area contributed by atoms with Crippen LogP contribution in [0.2, 0.25) is 0 Å². The second-order valence-electron chi connectivity index (χ2n) is 8.15. The monoisotopic (exact) mass is 356 g/mol. The fourth-order valence-electron chi connectivity index (χ4n) is 2.98. The van der Waals surface area contributed by atoms with Crippen molar-refractivity contribution < 1.29 is 14.6 Å². The van der Waals surface area contributed by atoms with Gasteiger partial charge in [-0.05, 0) is 26.7 Å². The van der Waals surface area contributed by atoms with Gasteiger partial charge in [0.1, 0.15) is 5.78 Å². The summed E-state index contributed by atoms with van der Waals surface area (Å²) < 4.78 is 5.36. The van der Waals surface area contributed by atoms with E-state index in [1.165, 1.54) is 70.6 Å². The fraction of sp³-hybridized carbons (Fsp3) is 0.955. The van der Waals surface area contributed by atoms with Crippen molar-refractivity contribution in [2.24, 2.45) is 0 Å². The maximum Gasteiger partial charge on any atom is 0.132 e. The Hall–Kier alpha value is -0.410. The first-order valence-electron chi connectivity index (χ1n) is 10.8. The van der Waals surface area contributed by atoms with Gasteiger partial charge in [-0.1, -0.05) is 77.6 Å². The lowest BCUT2D eigenvalue weighted by atomic mass is 10.0. The van der Waals surface area contributed by atoms with Crippen molar-refractivity contribution in [2.45, 2.75) is 123 Å². The van der Waals surface area contributed by atoms with Crippen LogP contribution in [-0.2, 0) is 9.53 Å². The smallest absolute Gasteiger partial charge is 0.132 e. The Labute approximate surface area is 156 Å². The molecule has 25 heavy (non-hydrogen) atoms. The van der Waals surface area contributed by atoms with Crippen molar-refractivity contribution in [2.75, 3.05) is 13.2 Å². The number of rotatable bonds is 19. The highest BCUT2D eigenvalue weighted by Crippen LogP contribution is 2.13. The van der Waals surface area contributed by atoms with Crippen LogP contribution < -0.4 is 0 Å². The first kappa shape index (κ1) is 24.6. The van der Waals surface area contributed by atoms with Crippen LogP contribution in [0.4, 0.5) is 0 Å². The Morgan fingerprint density at radius 2 is 1.20 bits per heavy atom. The van der Waals surface area contributed by atoms with E-state index >= 15 is 0 Å². The molecule has 0 aromatic rings. The molecule has 3 heteroatoms. The molecule has 0 rings (SSSR count). The molecular weight excluding hydrogens is 312 g/mol. The van der Waals surface area contributed by atoms with Crippen LogP contribution >= 0.6 is 0 Å². The molecule has 0 aliphatic carbocycles. The molecule has 0 aliphatic rings. The van der Waals surface area contributed by atoms with Gasteiger partial charge in [-0.2, -0.15) is 0 Å². The third-order valence-electron chi connectivity index (χ3n) is 4.51. The Morgan fingerprint density at radius 3 is 1.68 bits per heavy atom. The van der Waals surface area contributed by atoms with Crippen molar-refractivity contribution in [1.82, 2.24) is 0 Å². The van der Waals surface area contributed by atoms with E-state index in [1.54, 1.807) is 13.8 Å². The van der Waals surface area contributed by atoms with Gasteiger partial charge in [-0.3, -0.25) is 4.79 Å². The molecule has 0 aliphatic heterocycles. The van der Waals surface area contributed by atoms with Crippen LogP contribution in [0, 0.1) is 0 Å². The van der Waals surface area contributed by atoms with E-state index < -0.39 is 5.60 Å². The van der Waals surface area contributed by atoms with Crippen LogP contribution in [0.25, 0.3) is 0 Å². The number of ketones is 1. The quantitative estimate of drug-likeness (QED) is 0.280. The number of unbranched alkanes of at least 4 members (excludes halogenated alkanes) is 11. The summed E-state index contributed by atoms with van der Waals surface area (Å²) in [6, 6.07) is 0. The summed E-state index contributed by atoms with van der Waals surface area (Å²) in [5.41, 5.74) is -0.779. The first-order chi connectivity index (χ1) is 12.0. The topological polar surface area (TPSA) is 46.5 Å². The largest absolute Gasteiger partial charge is 0.388 e. The highest BCUT2D eigenvalue weighted by atomic mass is 16.5. The molecule has 0 heterocycles. The van der Waals surface area contributed by atoms with Gasteiger partial charge in [0, 0.05) is 19.4 Å². The first-order valence-corrected chi connectivity index (χ1v) is 10.8. The third-order valence-corrected chi connectivity index (χ3v) is 4.51. The number of carbonyl (C=O) groups excluding carboxylic acids is 1. The average molecular weight is 357 g/mol. The van der Waals surface area contributed by atoms with E-state index in [1.807, 2.05) is 0 Å². The van der Waals surface area contributed by atoms with E-state index in [0.29, 0.717) is 25.4 Å². The average Bonchev–Trinajstić information content (AvgIpc) is 2.54. The zero-order valence-electron chi connectivity index (χ0n) is 17.3. The summed E-state index contributed by atoms with van der Waals surface area (Å²) in [4.78, 5) is 11.8. The molecule has 0 unspecified atom stereocenters. The Bertz CT molecular complexity index is 294. The van der Waals surface area contributed by atoms with Crippen molar-refractivity contribution in [3.63, 3.8) is 0 Å². The molecule has 0 amide bonds. The molecule has 0 bridgehead atoms. The Balaban J connectivity index is 3.20. The number of aliphatic hydroxyl groups is 1. The highest BCUT2D eigenvalue weighted by Gasteiger charge is 2.12. The lowest BCUT2D eigenvalue weighted by Crippen LogP contribution is -2.26. The zero-order chi connectivity index (χ0) is 18.8. The summed E-state index contributed by atoms with van der Waals surface area (Å²) in [5, 5.41) is 9.51. The lowest BCUT2D eigenvalue weighted by Gasteiger charge is -2.16. The minimum atomic E-state index is -0.779. The second kappa shape index (κ2) is 17.0. The molecule has 0 atom stereocenters. The zero-order valence-corrected chi connectivity index (χ0v) is 17.3. The van der Waals surface area contributed by atoms with Crippen LogP contribution in [0.15, 0.2) is 0 Å². The summed E-state index contributed by atoms with van der Waals surface area (Å²) in [5.74, 6) is 0.360. The molecule has 0 spiro atoms. The summed E-state index contributed by atoms with van der Waals surface area (Å²) in [6.07, 6.45) is 18.1. The van der Waals surface area contributed by atoms with E-state index in [4.69, 9.17) is 4.74 Å². The predicted octanol–water partition coefficient (Wildman–Crippen LogP) is 6.21. The van der Waals surface area contributed by atoms with Gasteiger partial charge in [0.25, 0.3) is 0 Å².